The van der Waals surface area contributed by atoms with Gasteiger partial charge in [0.25, 0.3) is 0 Å². The Labute approximate surface area is 250 Å². The lowest BCUT2D eigenvalue weighted by Gasteiger charge is -2.46. The average Bonchev–Trinajstić information content (AvgIpc) is 3.47. The number of nitrogens with zero attached hydrogens (tertiary/aromatic N) is 2. The fourth-order valence-corrected chi connectivity index (χ4v) is 8.00. The molecular formula is C34H48N2O6. The highest BCUT2D eigenvalue weighted by molar-refractivity contribution is 5.99. The number of rotatable bonds is 12. The lowest BCUT2D eigenvalue weighted by Crippen LogP contribution is -2.61. The van der Waals surface area contributed by atoms with Crippen molar-refractivity contribution in [3.05, 3.63) is 61.2 Å². The molecule has 3 aliphatic rings. The summed E-state index contributed by atoms with van der Waals surface area (Å²) in [4.78, 5) is 46.5. The van der Waals surface area contributed by atoms with Crippen molar-refractivity contribution >= 4 is 17.8 Å². The Balaban J connectivity index is 1.86. The molecule has 2 amide bonds. The van der Waals surface area contributed by atoms with Gasteiger partial charge in [-0.15, -0.1) is 13.2 Å². The molecule has 0 aromatic heterocycles. The van der Waals surface area contributed by atoms with Crippen LogP contribution in [0.15, 0.2) is 55.6 Å². The Kier molecular flexibility index (Phi) is 8.83. The number of likely N-dealkylation sites (tertiary alicyclic amines) is 1. The molecule has 8 nitrogen and oxygen atoms in total. The van der Waals surface area contributed by atoms with Crippen molar-refractivity contribution in [2.45, 2.75) is 96.1 Å². The summed E-state index contributed by atoms with van der Waals surface area (Å²) in [7, 11) is 0. The van der Waals surface area contributed by atoms with Gasteiger partial charge in [0.05, 0.1) is 30.8 Å². The molecule has 2 bridgehead atoms. The van der Waals surface area contributed by atoms with Gasteiger partial charge in [-0.1, -0.05) is 63.3 Å². The molecule has 42 heavy (non-hydrogen) atoms. The van der Waals surface area contributed by atoms with E-state index in [2.05, 4.69) is 33.9 Å². The molecule has 1 spiro atoms. The second-order valence-corrected chi connectivity index (χ2v) is 14.1. The van der Waals surface area contributed by atoms with Gasteiger partial charge < -0.3 is 24.4 Å². The number of benzene rings is 1. The molecule has 1 aromatic carbocycles. The molecule has 0 saturated carbocycles. The van der Waals surface area contributed by atoms with Gasteiger partial charge in [0, 0.05) is 12.1 Å². The van der Waals surface area contributed by atoms with Gasteiger partial charge in [0.2, 0.25) is 11.8 Å². The number of aliphatic hydroxyl groups is 1. The third-order valence-electron chi connectivity index (χ3n) is 9.23. The first kappa shape index (κ1) is 32.0. The fourth-order valence-electron chi connectivity index (χ4n) is 8.00. The molecule has 1 N–H and O–H groups in total. The third-order valence-corrected chi connectivity index (χ3v) is 9.23. The van der Waals surface area contributed by atoms with Crippen LogP contribution < -0.4 is 0 Å². The quantitative estimate of drug-likeness (QED) is 0.216. The highest BCUT2D eigenvalue weighted by Crippen LogP contribution is 2.64. The van der Waals surface area contributed by atoms with Crippen molar-refractivity contribution in [3.63, 3.8) is 0 Å². The van der Waals surface area contributed by atoms with Crippen molar-refractivity contribution in [3.8, 4) is 0 Å². The summed E-state index contributed by atoms with van der Waals surface area (Å²) >= 11 is 0. The van der Waals surface area contributed by atoms with E-state index in [9.17, 15) is 19.5 Å². The Bertz CT molecular complexity index is 1210. The van der Waals surface area contributed by atoms with Crippen LogP contribution in [-0.2, 0) is 23.9 Å². The van der Waals surface area contributed by atoms with E-state index in [1.807, 2.05) is 51.1 Å². The first-order valence-corrected chi connectivity index (χ1v) is 15.1. The number of esters is 1. The molecule has 2 unspecified atom stereocenters. The molecule has 8 heteroatoms. The zero-order valence-electron chi connectivity index (χ0n) is 26.1. The first-order valence-electron chi connectivity index (χ1n) is 15.1. The number of carbonyl (C=O) groups is 3. The van der Waals surface area contributed by atoms with Crippen LogP contribution in [0, 0.1) is 17.3 Å². The summed E-state index contributed by atoms with van der Waals surface area (Å²) in [6.45, 7) is 20.0. The summed E-state index contributed by atoms with van der Waals surface area (Å²) in [5.74, 6) is -2.90. The molecule has 4 rings (SSSR count). The fraction of sp³-hybridized carbons (Fsp3) is 0.618. The zero-order valence-corrected chi connectivity index (χ0v) is 26.1. The second kappa shape index (κ2) is 11.6. The summed E-state index contributed by atoms with van der Waals surface area (Å²) in [6.07, 6.45) is 5.52. The lowest BCUT2D eigenvalue weighted by atomic mass is 9.66. The number of ether oxygens (including phenoxy) is 2. The topological polar surface area (TPSA) is 96.4 Å². The Hall–Kier alpha value is -2.97. The van der Waals surface area contributed by atoms with E-state index in [0.717, 1.165) is 0 Å². The molecule has 1 aromatic rings. The van der Waals surface area contributed by atoms with E-state index in [1.54, 1.807) is 17.1 Å². The van der Waals surface area contributed by atoms with Crippen molar-refractivity contribution in [1.29, 1.82) is 0 Å². The molecule has 3 saturated heterocycles. The number of hydrogen-bond donors (Lipinski definition) is 1. The predicted molar refractivity (Wildman–Crippen MR) is 161 cm³/mol. The number of aliphatic hydroxyl groups excluding tert-OH is 1. The van der Waals surface area contributed by atoms with Crippen molar-refractivity contribution in [2.24, 2.45) is 17.3 Å². The molecule has 6 atom stereocenters. The SMILES string of the molecule is C=CCCOC(=O)[C@H]1[C@H]2C(=O)N([C@H](CO)c3ccccc3)C(C(=O)N(CC=C)C(C)(C)CC(C)(C)C)C23CC[C@]1(C)O3. The zero-order chi connectivity index (χ0) is 31.1. The van der Waals surface area contributed by atoms with E-state index in [4.69, 9.17) is 9.47 Å². The lowest BCUT2D eigenvalue weighted by molar-refractivity contribution is -0.163. The minimum absolute atomic E-state index is 0.0804. The summed E-state index contributed by atoms with van der Waals surface area (Å²) in [5, 5.41) is 10.7. The normalized spacial score (nSPS) is 29.3. The Morgan fingerprint density at radius 1 is 1.17 bits per heavy atom. The highest BCUT2D eigenvalue weighted by Gasteiger charge is 2.79. The summed E-state index contributed by atoms with van der Waals surface area (Å²) in [6, 6.07) is 7.39. The minimum Gasteiger partial charge on any atom is -0.465 e. The number of hydrogen-bond acceptors (Lipinski definition) is 6. The Morgan fingerprint density at radius 2 is 1.83 bits per heavy atom. The van der Waals surface area contributed by atoms with Gasteiger partial charge >= 0.3 is 5.97 Å². The van der Waals surface area contributed by atoms with E-state index in [-0.39, 0.29) is 37.0 Å². The van der Waals surface area contributed by atoms with Crippen LogP contribution >= 0.6 is 0 Å². The van der Waals surface area contributed by atoms with E-state index in [0.29, 0.717) is 31.2 Å². The second-order valence-electron chi connectivity index (χ2n) is 14.1. The van der Waals surface area contributed by atoms with Crippen molar-refractivity contribution in [2.75, 3.05) is 19.8 Å². The molecule has 0 aliphatic carbocycles. The number of carbonyl (C=O) groups excluding carboxylic acids is 3. The highest BCUT2D eigenvalue weighted by atomic mass is 16.6. The third kappa shape index (κ3) is 5.44. The van der Waals surface area contributed by atoms with Gasteiger partial charge in [-0.3, -0.25) is 14.4 Å². The van der Waals surface area contributed by atoms with E-state index in [1.165, 1.54) is 4.90 Å². The smallest absolute Gasteiger partial charge is 0.312 e. The van der Waals surface area contributed by atoms with E-state index >= 15 is 0 Å². The van der Waals surface area contributed by atoms with Gasteiger partial charge in [-0.25, -0.2) is 0 Å². The molecule has 230 valence electrons. The van der Waals surface area contributed by atoms with E-state index < -0.39 is 46.6 Å². The molecule has 3 aliphatic heterocycles. The molecular weight excluding hydrogens is 532 g/mol. The maximum atomic E-state index is 15.0. The predicted octanol–water partition coefficient (Wildman–Crippen LogP) is 4.83. The average molecular weight is 581 g/mol. The van der Waals surface area contributed by atoms with Gasteiger partial charge in [0.1, 0.15) is 17.6 Å². The van der Waals surface area contributed by atoms with Crippen LogP contribution in [0.5, 0.6) is 0 Å². The largest absolute Gasteiger partial charge is 0.465 e. The molecule has 0 radical (unpaired) electrons. The number of amides is 2. The monoisotopic (exact) mass is 580 g/mol. The van der Waals surface area contributed by atoms with Gasteiger partial charge in [-0.05, 0) is 57.4 Å². The maximum absolute atomic E-state index is 15.0. The van der Waals surface area contributed by atoms with Crippen LogP contribution in [0.4, 0.5) is 0 Å². The van der Waals surface area contributed by atoms with Crippen LogP contribution in [0.3, 0.4) is 0 Å². The van der Waals surface area contributed by atoms with Crippen molar-refractivity contribution < 1.29 is 29.0 Å². The van der Waals surface area contributed by atoms with Crippen LogP contribution in [-0.4, -0.2) is 75.2 Å². The van der Waals surface area contributed by atoms with Gasteiger partial charge in [-0.2, -0.15) is 0 Å². The Morgan fingerprint density at radius 3 is 2.40 bits per heavy atom. The summed E-state index contributed by atoms with van der Waals surface area (Å²) < 4.78 is 12.4. The van der Waals surface area contributed by atoms with Crippen LogP contribution in [0.25, 0.3) is 0 Å². The summed E-state index contributed by atoms with van der Waals surface area (Å²) in [5.41, 5.74) is -2.13. The minimum atomic E-state index is -1.23. The first-order chi connectivity index (χ1) is 19.7. The standard InChI is InChI=1S/C34H48N2O6/c1-9-11-20-41-30(40)26-25-28(38)36(24(21-37)23-15-13-12-14-16-23)27(34(25)18-17-33(26,8)42-34)29(39)35(19-10-2)32(6,7)22-31(3,4)5/h9-10,12-16,24-27,37H,1-2,11,17-22H2,3-8H3/t24-,25+,26-,27?,33+,34?/m1/s1. The molecule has 3 heterocycles. The maximum Gasteiger partial charge on any atom is 0.312 e. The van der Waals surface area contributed by atoms with Crippen LogP contribution in [0.1, 0.15) is 78.8 Å². The number of fused-ring (bicyclic) bond motifs is 1. The van der Waals surface area contributed by atoms with Crippen LogP contribution in [0.2, 0.25) is 0 Å². The van der Waals surface area contributed by atoms with Crippen molar-refractivity contribution in [1.82, 2.24) is 9.80 Å². The van der Waals surface area contributed by atoms with Gasteiger partial charge in [0.15, 0.2) is 0 Å². The molecule has 3 fully saturated rings.